The van der Waals surface area contributed by atoms with E-state index in [4.69, 9.17) is 5.84 Å². The average Bonchev–Trinajstić information content (AvgIpc) is 2.80. The van der Waals surface area contributed by atoms with Crippen molar-refractivity contribution >= 4 is 17.6 Å². The normalized spacial score (nSPS) is 20.2. The molecule has 1 fully saturated rings. The Hall–Kier alpha value is -1.81. The SMILES string of the molecule is C=C[C@@H](NC(=O)C(C)CC(C)N1CCN(CCNN)CC1)C(C)CC(=O)N[C@H](C)C(C)CC(C)=O. The summed E-state index contributed by atoms with van der Waals surface area (Å²) in [4.78, 5) is 41.6. The number of hydrogen-bond donors (Lipinski definition) is 4. The maximum atomic E-state index is 12.9. The Balaban J connectivity index is 2.48. The number of nitrogens with one attached hydrogen (secondary N) is 3. The van der Waals surface area contributed by atoms with Crippen LogP contribution in [0.2, 0.25) is 0 Å². The lowest BCUT2D eigenvalue weighted by atomic mass is 9.94. The molecule has 0 saturated carbocycles. The number of nitrogens with zero attached hydrogens (tertiary/aromatic N) is 2. The quantitative estimate of drug-likeness (QED) is 0.145. The van der Waals surface area contributed by atoms with E-state index in [-0.39, 0.29) is 53.9 Å². The monoisotopic (exact) mass is 494 g/mol. The van der Waals surface area contributed by atoms with E-state index in [2.05, 4.69) is 39.4 Å². The molecule has 0 spiro atoms. The number of ketones is 1. The average molecular weight is 495 g/mol. The van der Waals surface area contributed by atoms with E-state index in [1.165, 1.54) is 0 Å². The number of Topliss-reactive ketones (excluding diaryl/α,β-unsaturated/α-hetero) is 1. The van der Waals surface area contributed by atoms with Crippen molar-refractivity contribution in [2.75, 3.05) is 39.3 Å². The summed E-state index contributed by atoms with van der Waals surface area (Å²) >= 11 is 0. The number of rotatable bonds is 16. The molecule has 2 amide bonds. The first-order chi connectivity index (χ1) is 16.5. The van der Waals surface area contributed by atoms with Crippen LogP contribution in [-0.4, -0.2) is 84.8 Å². The highest BCUT2D eigenvalue weighted by Crippen LogP contribution is 2.17. The number of hydrazine groups is 1. The van der Waals surface area contributed by atoms with Crippen molar-refractivity contribution in [3.05, 3.63) is 12.7 Å². The van der Waals surface area contributed by atoms with E-state index in [0.29, 0.717) is 12.5 Å². The van der Waals surface area contributed by atoms with Crippen molar-refractivity contribution in [1.82, 2.24) is 25.9 Å². The molecule has 0 bridgehead atoms. The highest BCUT2D eigenvalue weighted by molar-refractivity contribution is 5.80. The molecule has 0 aliphatic carbocycles. The zero-order valence-electron chi connectivity index (χ0n) is 22.8. The molecule has 0 aromatic heterocycles. The molecule has 1 rings (SSSR count). The summed E-state index contributed by atoms with van der Waals surface area (Å²) in [5.74, 6) is 5.25. The summed E-state index contributed by atoms with van der Waals surface area (Å²) in [6.07, 6.45) is 3.21. The van der Waals surface area contributed by atoms with Crippen LogP contribution >= 0.6 is 0 Å². The summed E-state index contributed by atoms with van der Waals surface area (Å²) in [6, 6.07) is -0.0545. The minimum Gasteiger partial charge on any atom is -0.353 e. The van der Waals surface area contributed by atoms with Gasteiger partial charge in [0, 0.05) is 76.2 Å². The van der Waals surface area contributed by atoms with E-state index < -0.39 is 0 Å². The van der Waals surface area contributed by atoms with Gasteiger partial charge in [-0.15, -0.1) is 6.58 Å². The lowest BCUT2D eigenvalue weighted by Crippen LogP contribution is -2.51. The summed E-state index contributed by atoms with van der Waals surface area (Å²) in [5.41, 5.74) is 2.70. The topological polar surface area (TPSA) is 120 Å². The predicted octanol–water partition coefficient (Wildman–Crippen LogP) is 1.30. The summed E-state index contributed by atoms with van der Waals surface area (Å²) in [7, 11) is 0. The minimum absolute atomic E-state index is 0.00915. The van der Waals surface area contributed by atoms with E-state index in [9.17, 15) is 14.4 Å². The summed E-state index contributed by atoms with van der Waals surface area (Å²) in [6.45, 7) is 21.2. The lowest BCUT2D eigenvalue weighted by Gasteiger charge is -2.38. The van der Waals surface area contributed by atoms with Gasteiger partial charge < -0.3 is 15.4 Å². The van der Waals surface area contributed by atoms with Gasteiger partial charge >= 0.3 is 0 Å². The molecular weight excluding hydrogens is 444 g/mol. The van der Waals surface area contributed by atoms with Crippen LogP contribution in [0.25, 0.3) is 0 Å². The lowest BCUT2D eigenvalue weighted by molar-refractivity contribution is -0.127. The van der Waals surface area contributed by atoms with Crippen LogP contribution in [0.15, 0.2) is 12.7 Å². The van der Waals surface area contributed by atoms with Crippen LogP contribution in [0.4, 0.5) is 0 Å². The van der Waals surface area contributed by atoms with Gasteiger partial charge in [-0.3, -0.25) is 30.7 Å². The van der Waals surface area contributed by atoms with Crippen molar-refractivity contribution in [3.63, 3.8) is 0 Å². The van der Waals surface area contributed by atoms with Crippen molar-refractivity contribution in [3.8, 4) is 0 Å². The first-order valence-corrected chi connectivity index (χ1v) is 13.1. The van der Waals surface area contributed by atoms with E-state index >= 15 is 0 Å². The molecule has 0 aromatic carbocycles. The summed E-state index contributed by atoms with van der Waals surface area (Å²) in [5, 5.41) is 6.08. The van der Waals surface area contributed by atoms with E-state index in [1.54, 1.807) is 13.0 Å². The standard InChI is InChI=1S/C26H50N6O3/c1-8-24(19(3)17-25(34)29-23(7)18(2)16-22(6)33)30-26(35)20(4)15-21(5)32-13-11-31(12-14-32)10-9-28-27/h8,18-21,23-24,28H,1,9-17,27H2,2-7H3,(H,29,34)(H,30,35)/t18?,19?,20?,21?,23-,24-/m1/s1. The van der Waals surface area contributed by atoms with Crippen LogP contribution in [0.1, 0.15) is 60.8 Å². The summed E-state index contributed by atoms with van der Waals surface area (Å²) < 4.78 is 0. The van der Waals surface area contributed by atoms with Gasteiger partial charge in [0.2, 0.25) is 11.8 Å². The van der Waals surface area contributed by atoms with Crippen LogP contribution < -0.4 is 21.9 Å². The second kappa shape index (κ2) is 16.0. The Labute approximate surface area is 212 Å². The first kappa shape index (κ1) is 31.2. The molecule has 35 heavy (non-hydrogen) atoms. The fourth-order valence-electron chi connectivity index (χ4n) is 4.66. The number of hydrogen-bond acceptors (Lipinski definition) is 7. The number of piperazine rings is 1. The Morgan fingerprint density at radius 2 is 1.60 bits per heavy atom. The van der Waals surface area contributed by atoms with Crippen LogP contribution in [0, 0.1) is 17.8 Å². The zero-order valence-corrected chi connectivity index (χ0v) is 22.8. The van der Waals surface area contributed by atoms with Crippen LogP contribution in [0.3, 0.4) is 0 Å². The number of carbonyl (C=O) groups excluding carboxylic acids is 3. The third-order valence-corrected chi connectivity index (χ3v) is 7.28. The van der Waals surface area contributed by atoms with Gasteiger partial charge in [-0.2, -0.15) is 0 Å². The maximum Gasteiger partial charge on any atom is 0.223 e. The molecule has 9 nitrogen and oxygen atoms in total. The number of amides is 2. The van der Waals surface area contributed by atoms with Crippen molar-refractivity contribution < 1.29 is 14.4 Å². The van der Waals surface area contributed by atoms with E-state index in [0.717, 1.165) is 45.7 Å². The third kappa shape index (κ3) is 11.6. The molecule has 1 aliphatic rings. The zero-order chi connectivity index (χ0) is 26.5. The molecule has 1 aliphatic heterocycles. The molecule has 9 heteroatoms. The number of carbonyl (C=O) groups is 3. The highest BCUT2D eigenvalue weighted by Gasteiger charge is 2.27. The molecule has 0 aromatic rings. The second-order valence-electron chi connectivity index (χ2n) is 10.5. The molecule has 5 N–H and O–H groups in total. The molecule has 6 atom stereocenters. The van der Waals surface area contributed by atoms with Gasteiger partial charge in [-0.1, -0.05) is 26.8 Å². The molecule has 202 valence electrons. The Morgan fingerprint density at radius 3 is 2.14 bits per heavy atom. The Bertz CT molecular complexity index is 680. The van der Waals surface area contributed by atoms with Gasteiger partial charge in [-0.25, -0.2) is 0 Å². The fraction of sp³-hybridized carbons (Fsp3) is 0.808. The van der Waals surface area contributed by atoms with Crippen LogP contribution in [-0.2, 0) is 14.4 Å². The fourth-order valence-corrected chi connectivity index (χ4v) is 4.66. The van der Waals surface area contributed by atoms with Crippen LogP contribution in [0.5, 0.6) is 0 Å². The van der Waals surface area contributed by atoms with Crippen molar-refractivity contribution in [2.45, 2.75) is 78.9 Å². The largest absolute Gasteiger partial charge is 0.353 e. The van der Waals surface area contributed by atoms with Crippen molar-refractivity contribution in [2.24, 2.45) is 23.6 Å². The third-order valence-electron chi connectivity index (χ3n) is 7.28. The van der Waals surface area contributed by atoms with E-state index in [1.807, 2.05) is 27.7 Å². The van der Waals surface area contributed by atoms with Gasteiger partial charge in [0.15, 0.2) is 0 Å². The minimum atomic E-state index is -0.282. The molecule has 1 heterocycles. The Kier molecular flexibility index (Phi) is 14.3. The van der Waals surface area contributed by atoms with Gasteiger partial charge in [0.05, 0.1) is 0 Å². The highest BCUT2D eigenvalue weighted by atomic mass is 16.2. The van der Waals surface area contributed by atoms with Gasteiger partial charge in [-0.05, 0) is 39.0 Å². The van der Waals surface area contributed by atoms with Crippen molar-refractivity contribution in [1.29, 1.82) is 0 Å². The smallest absolute Gasteiger partial charge is 0.223 e. The molecule has 0 radical (unpaired) electrons. The van der Waals surface area contributed by atoms with Gasteiger partial charge in [0.25, 0.3) is 0 Å². The molecular formula is C26H50N6O3. The first-order valence-electron chi connectivity index (χ1n) is 13.1. The second-order valence-corrected chi connectivity index (χ2v) is 10.5. The predicted molar refractivity (Wildman–Crippen MR) is 141 cm³/mol. The Morgan fingerprint density at radius 1 is 0.971 bits per heavy atom. The maximum absolute atomic E-state index is 12.9. The van der Waals surface area contributed by atoms with Gasteiger partial charge in [0.1, 0.15) is 5.78 Å². The number of nitrogens with two attached hydrogens (primary N) is 1. The molecule has 1 saturated heterocycles. The molecule has 4 unspecified atom stereocenters.